The number of nitrogens with zero attached hydrogens (tertiary/aromatic N) is 2. The van der Waals surface area contributed by atoms with Crippen LogP contribution in [0.4, 0.5) is 0 Å². The van der Waals surface area contributed by atoms with Gasteiger partial charge in [0.15, 0.2) is 0 Å². The van der Waals surface area contributed by atoms with Crippen molar-refractivity contribution < 1.29 is 4.74 Å². The molecule has 0 spiro atoms. The van der Waals surface area contributed by atoms with E-state index < -0.39 is 0 Å². The summed E-state index contributed by atoms with van der Waals surface area (Å²) in [6, 6.07) is 0. The van der Waals surface area contributed by atoms with Gasteiger partial charge in [0.2, 0.25) is 0 Å². The number of rotatable bonds is 9. The van der Waals surface area contributed by atoms with Gasteiger partial charge >= 0.3 is 0 Å². The Morgan fingerprint density at radius 1 is 1.28 bits per heavy atom. The minimum absolute atomic E-state index is 0.797. The van der Waals surface area contributed by atoms with Gasteiger partial charge in [0, 0.05) is 25.5 Å². The summed E-state index contributed by atoms with van der Waals surface area (Å²) in [5, 5.41) is 7.98. The molecule has 0 aromatic carbocycles. The molecule has 1 heterocycles. The van der Waals surface area contributed by atoms with Crippen LogP contribution in [0.25, 0.3) is 0 Å². The fourth-order valence-corrected chi connectivity index (χ4v) is 2.16. The topological polar surface area (TPSA) is 39.1 Å². The average molecular weight is 253 g/mol. The molecule has 4 nitrogen and oxygen atoms in total. The Morgan fingerprint density at radius 3 is 2.72 bits per heavy atom. The third-order valence-corrected chi connectivity index (χ3v) is 3.20. The SMILES string of the molecule is CCNCCc1c(C)nn(CCCOCC)c1C. The molecule has 0 radical (unpaired) electrons. The quantitative estimate of drug-likeness (QED) is 0.685. The third-order valence-electron chi connectivity index (χ3n) is 3.20. The molecule has 0 aliphatic carbocycles. The van der Waals surface area contributed by atoms with Crippen molar-refractivity contribution in [3.63, 3.8) is 0 Å². The molecule has 0 saturated heterocycles. The molecule has 1 N–H and O–H groups in total. The smallest absolute Gasteiger partial charge is 0.0628 e. The first-order chi connectivity index (χ1) is 8.70. The lowest BCUT2D eigenvalue weighted by atomic mass is 10.1. The Kier molecular flexibility index (Phi) is 6.98. The number of nitrogens with one attached hydrogen (secondary N) is 1. The van der Waals surface area contributed by atoms with Crippen LogP contribution in [0.5, 0.6) is 0 Å². The maximum Gasteiger partial charge on any atom is 0.0628 e. The first-order valence-corrected chi connectivity index (χ1v) is 7.02. The van der Waals surface area contributed by atoms with Gasteiger partial charge in [-0.15, -0.1) is 0 Å². The second kappa shape index (κ2) is 8.27. The van der Waals surface area contributed by atoms with Crippen molar-refractivity contribution in [2.75, 3.05) is 26.3 Å². The van der Waals surface area contributed by atoms with E-state index in [1.165, 1.54) is 17.0 Å². The van der Waals surface area contributed by atoms with Crippen molar-refractivity contribution in [2.24, 2.45) is 0 Å². The number of likely N-dealkylation sites (N-methyl/N-ethyl adjacent to an activating group) is 1. The highest BCUT2D eigenvalue weighted by molar-refractivity contribution is 5.24. The highest BCUT2D eigenvalue weighted by atomic mass is 16.5. The fraction of sp³-hybridized carbons (Fsp3) is 0.786. The van der Waals surface area contributed by atoms with Crippen LogP contribution in [0.3, 0.4) is 0 Å². The normalized spacial score (nSPS) is 11.1. The number of hydrogen-bond donors (Lipinski definition) is 1. The fourth-order valence-electron chi connectivity index (χ4n) is 2.16. The van der Waals surface area contributed by atoms with Crippen LogP contribution in [0, 0.1) is 13.8 Å². The molecular weight excluding hydrogens is 226 g/mol. The van der Waals surface area contributed by atoms with Crippen LogP contribution < -0.4 is 5.32 Å². The molecule has 18 heavy (non-hydrogen) atoms. The predicted octanol–water partition coefficient (Wildman–Crippen LogP) is 2.08. The van der Waals surface area contributed by atoms with E-state index in [4.69, 9.17) is 4.74 Å². The van der Waals surface area contributed by atoms with Crippen LogP contribution in [-0.4, -0.2) is 36.1 Å². The third kappa shape index (κ3) is 4.42. The van der Waals surface area contributed by atoms with Crippen LogP contribution in [-0.2, 0) is 17.7 Å². The summed E-state index contributed by atoms with van der Waals surface area (Å²) in [6.07, 6.45) is 2.10. The van der Waals surface area contributed by atoms with Crippen LogP contribution in [0.2, 0.25) is 0 Å². The Morgan fingerprint density at radius 2 is 2.06 bits per heavy atom. The van der Waals surface area contributed by atoms with Gasteiger partial charge in [-0.2, -0.15) is 5.10 Å². The van der Waals surface area contributed by atoms with E-state index in [0.29, 0.717) is 0 Å². The maximum atomic E-state index is 5.36. The molecule has 0 aliphatic heterocycles. The molecule has 4 heteroatoms. The van der Waals surface area contributed by atoms with Crippen molar-refractivity contribution in [1.29, 1.82) is 0 Å². The second-order valence-electron chi connectivity index (χ2n) is 4.53. The maximum absolute atomic E-state index is 5.36. The first-order valence-electron chi connectivity index (χ1n) is 7.02. The molecule has 1 aromatic rings. The summed E-state index contributed by atoms with van der Waals surface area (Å²) in [5.74, 6) is 0. The van der Waals surface area contributed by atoms with Crippen molar-refractivity contribution in [3.8, 4) is 0 Å². The summed E-state index contributed by atoms with van der Waals surface area (Å²) < 4.78 is 7.48. The molecule has 0 fully saturated rings. The van der Waals surface area contributed by atoms with Gasteiger partial charge in [-0.1, -0.05) is 6.92 Å². The van der Waals surface area contributed by atoms with Crippen LogP contribution in [0.15, 0.2) is 0 Å². The molecule has 104 valence electrons. The summed E-state index contributed by atoms with van der Waals surface area (Å²) in [5.41, 5.74) is 3.87. The summed E-state index contributed by atoms with van der Waals surface area (Å²) in [7, 11) is 0. The standard InChI is InChI=1S/C14H27N3O/c1-5-15-9-8-14-12(3)16-17(13(14)4)10-7-11-18-6-2/h15H,5-11H2,1-4H3. The minimum Gasteiger partial charge on any atom is -0.382 e. The first kappa shape index (κ1) is 15.2. The number of hydrogen-bond acceptors (Lipinski definition) is 3. The second-order valence-corrected chi connectivity index (χ2v) is 4.53. The molecule has 0 amide bonds. The zero-order chi connectivity index (χ0) is 13.4. The molecule has 0 unspecified atom stereocenters. The Labute approximate surface area is 111 Å². The largest absolute Gasteiger partial charge is 0.382 e. The highest BCUT2D eigenvalue weighted by Crippen LogP contribution is 2.13. The molecule has 1 aromatic heterocycles. The zero-order valence-electron chi connectivity index (χ0n) is 12.3. The van der Waals surface area contributed by atoms with E-state index in [1.54, 1.807) is 0 Å². The van der Waals surface area contributed by atoms with Gasteiger partial charge in [0.05, 0.1) is 5.69 Å². The Hall–Kier alpha value is -0.870. The zero-order valence-corrected chi connectivity index (χ0v) is 12.3. The van der Waals surface area contributed by atoms with Gasteiger partial charge < -0.3 is 10.1 Å². The van der Waals surface area contributed by atoms with E-state index >= 15 is 0 Å². The summed E-state index contributed by atoms with van der Waals surface area (Å²) in [6.45, 7) is 13.1. The lowest BCUT2D eigenvalue weighted by Gasteiger charge is -2.06. The van der Waals surface area contributed by atoms with Gasteiger partial charge in [-0.25, -0.2) is 0 Å². The van der Waals surface area contributed by atoms with Gasteiger partial charge in [-0.05, 0) is 52.3 Å². The molecule has 0 bridgehead atoms. The van der Waals surface area contributed by atoms with Crippen LogP contribution in [0.1, 0.15) is 37.2 Å². The molecule has 1 rings (SSSR count). The summed E-state index contributed by atoms with van der Waals surface area (Å²) >= 11 is 0. The van der Waals surface area contributed by atoms with E-state index in [1.807, 2.05) is 6.92 Å². The van der Waals surface area contributed by atoms with E-state index in [0.717, 1.165) is 45.7 Å². The molecule has 0 atom stereocenters. The molecule has 0 aliphatic rings. The lowest BCUT2D eigenvalue weighted by Crippen LogP contribution is -2.16. The van der Waals surface area contributed by atoms with Crippen molar-refractivity contribution in [1.82, 2.24) is 15.1 Å². The van der Waals surface area contributed by atoms with Crippen molar-refractivity contribution in [2.45, 2.75) is 47.1 Å². The Balaban J connectivity index is 2.51. The van der Waals surface area contributed by atoms with E-state index in [2.05, 4.69) is 35.9 Å². The molecular formula is C14H27N3O. The van der Waals surface area contributed by atoms with Crippen molar-refractivity contribution >= 4 is 0 Å². The van der Waals surface area contributed by atoms with E-state index in [-0.39, 0.29) is 0 Å². The minimum atomic E-state index is 0.797. The lowest BCUT2D eigenvalue weighted by molar-refractivity contribution is 0.140. The highest BCUT2D eigenvalue weighted by Gasteiger charge is 2.10. The van der Waals surface area contributed by atoms with Crippen molar-refractivity contribution in [3.05, 3.63) is 17.0 Å². The molecule has 0 saturated carbocycles. The van der Waals surface area contributed by atoms with Gasteiger partial charge in [0.25, 0.3) is 0 Å². The van der Waals surface area contributed by atoms with Gasteiger partial charge in [-0.3, -0.25) is 4.68 Å². The monoisotopic (exact) mass is 253 g/mol. The number of aryl methyl sites for hydroxylation is 2. The van der Waals surface area contributed by atoms with Gasteiger partial charge in [0.1, 0.15) is 0 Å². The van der Waals surface area contributed by atoms with E-state index in [9.17, 15) is 0 Å². The summed E-state index contributed by atoms with van der Waals surface area (Å²) in [4.78, 5) is 0. The van der Waals surface area contributed by atoms with Crippen LogP contribution >= 0.6 is 0 Å². The number of aromatic nitrogens is 2. The average Bonchev–Trinajstić information content (AvgIpc) is 2.62. The predicted molar refractivity (Wildman–Crippen MR) is 75.1 cm³/mol. The number of ether oxygens (including phenoxy) is 1. The Bertz CT molecular complexity index is 347.